The normalized spacial score (nSPS) is 12.8. The van der Waals surface area contributed by atoms with Gasteiger partial charge in [0, 0.05) is 16.6 Å². The lowest BCUT2D eigenvalue weighted by atomic mass is 10.2. The quantitative estimate of drug-likeness (QED) is 0.838. The van der Waals surface area contributed by atoms with Crippen molar-refractivity contribution in [1.29, 1.82) is 0 Å². The van der Waals surface area contributed by atoms with Crippen molar-refractivity contribution in [2.24, 2.45) is 5.73 Å². The minimum Gasteiger partial charge on any atom is -0.389 e. The van der Waals surface area contributed by atoms with Crippen molar-refractivity contribution in [3.63, 3.8) is 0 Å². The van der Waals surface area contributed by atoms with Crippen LogP contribution in [-0.4, -0.2) is 24.4 Å². The Bertz CT molecular complexity index is 320. The average Bonchev–Trinajstić information content (AvgIpc) is 2.21. The summed E-state index contributed by atoms with van der Waals surface area (Å²) in [5, 5.41) is 10.3. The van der Waals surface area contributed by atoms with Crippen LogP contribution in [-0.2, 0) is 11.3 Å². The summed E-state index contributed by atoms with van der Waals surface area (Å²) in [5.41, 5.74) is 6.07. The highest BCUT2D eigenvalue weighted by Gasteiger charge is 2.04. The summed E-state index contributed by atoms with van der Waals surface area (Å²) >= 11 is 11.7. The number of hydrogen-bond donors (Lipinski definition) is 2. The fourth-order valence-corrected chi connectivity index (χ4v) is 1.47. The van der Waals surface area contributed by atoms with E-state index in [0.29, 0.717) is 16.7 Å². The van der Waals surface area contributed by atoms with Gasteiger partial charge in [-0.25, -0.2) is 0 Å². The third-order valence-electron chi connectivity index (χ3n) is 1.85. The van der Waals surface area contributed by atoms with E-state index >= 15 is 0 Å². The molecule has 3 nitrogen and oxygen atoms in total. The number of halogens is 2. The minimum atomic E-state index is -0.629. The number of hydrogen-bond acceptors (Lipinski definition) is 3. The number of benzene rings is 1. The Hall–Kier alpha value is -0.320. The van der Waals surface area contributed by atoms with Crippen molar-refractivity contribution < 1.29 is 9.84 Å². The second-order valence-corrected chi connectivity index (χ2v) is 3.98. The smallest absolute Gasteiger partial charge is 0.0895 e. The van der Waals surface area contributed by atoms with Crippen molar-refractivity contribution in [2.45, 2.75) is 12.7 Å². The molecule has 0 aliphatic heterocycles. The number of nitrogens with two attached hydrogens (primary N) is 1. The predicted octanol–water partition coefficient (Wildman–Crippen LogP) is 1.83. The molecule has 15 heavy (non-hydrogen) atoms. The highest BCUT2D eigenvalue weighted by Crippen LogP contribution is 2.21. The maximum Gasteiger partial charge on any atom is 0.0895 e. The van der Waals surface area contributed by atoms with E-state index in [1.54, 1.807) is 18.2 Å². The molecular weight excluding hydrogens is 237 g/mol. The Labute approximate surface area is 98.7 Å². The Balaban J connectivity index is 2.44. The van der Waals surface area contributed by atoms with E-state index < -0.39 is 6.10 Å². The monoisotopic (exact) mass is 249 g/mol. The molecule has 1 aromatic rings. The summed E-state index contributed by atoms with van der Waals surface area (Å²) in [6, 6.07) is 5.19. The van der Waals surface area contributed by atoms with Crippen LogP contribution in [0.15, 0.2) is 18.2 Å². The van der Waals surface area contributed by atoms with E-state index in [1.165, 1.54) is 0 Å². The van der Waals surface area contributed by atoms with Crippen molar-refractivity contribution in [3.05, 3.63) is 33.8 Å². The molecular formula is C10H13Cl2NO2. The number of aliphatic hydroxyl groups excluding tert-OH is 1. The second kappa shape index (κ2) is 6.30. The first-order valence-electron chi connectivity index (χ1n) is 4.53. The van der Waals surface area contributed by atoms with Gasteiger partial charge < -0.3 is 15.6 Å². The van der Waals surface area contributed by atoms with Crippen molar-refractivity contribution in [3.8, 4) is 0 Å². The van der Waals surface area contributed by atoms with Gasteiger partial charge in [-0.05, 0) is 17.7 Å². The van der Waals surface area contributed by atoms with Crippen molar-refractivity contribution in [2.75, 3.05) is 13.2 Å². The lowest BCUT2D eigenvalue weighted by Gasteiger charge is -2.09. The van der Waals surface area contributed by atoms with E-state index in [9.17, 15) is 0 Å². The molecule has 0 fully saturated rings. The molecule has 0 saturated heterocycles. The summed E-state index contributed by atoms with van der Waals surface area (Å²) in [6.07, 6.45) is -0.629. The van der Waals surface area contributed by atoms with Crippen molar-refractivity contribution >= 4 is 23.2 Å². The summed E-state index contributed by atoms with van der Waals surface area (Å²) < 4.78 is 5.24. The number of ether oxygens (including phenoxy) is 1. The van der Waals surface area contributed by atoms with E-state index in [1.807, 2.05) is 0 Å². The molecule has 5 heteroatoms. The second-order valence-electron chi connectivity index (χ2n) is 3.14. The standard InChI is InChI=1S/C10H13Cl2NO2/c11-8-2-1-7(10(12)3-8)5-15-6-9(14)4-13/h1-3,9,14H,4-6,13H2. The zero-order chi connectivity index (χ0) is 11.3. The van der Waals surface area contributed by atoms with Crippen LogP contribution in [0.4, 0.5) is 0 Å². The molecule has 0 amide bonds. The SMILES string of the molecule is NCC(O)COCc1ccc(Cl)cc1Cl. The fourth-order valence-electron chi connectivity index (χ4n) is 1.01. The Kier molecular flexibility index (Phi) is 5.36. The first kappa shape index (κ1) is 12.7. The van der Waals surface area contributed by atoms with Gasteiger partial charge >= 0.3 is 0 Å². The van der Waals surface area contributed by atoms with Gasteiger partial charge in [0.05, 0.1) is 19.3 Å². The van der Waals surface area contributed by atoms with Crippen molar-refractivity contribution in [1.82, 2.24) is 0 Å². The molecule has 0 aliphatic rings. The van der Waals surface area contributed by atoms with E-state index in [-0.39, 0.29) is 13.2 Å². The summed E-state index contributed by atoms with van der Waals surface area (Å²) in [4.78, 5) is 0. The van der Waals surface area contributed by atoms with Crippen LogP contribution in [0.3, 0.4) is 0 Å². The van der Waals surface area contributed by atoms with Crippen LogP contribution in [0.1, 0.15) is 5.56 Å². The zero-order valence-corrected chi connectivity index (χ0v) is 9.63. The molecule has 84 valence electrons. The van der Waals surface area contributed by atoms with Gasteiger partial charge in [0.1, 0.15) is 0 Å². The van der Waals surface area contributed by atoms with Gasteiger partial charge in [-0.3, -0.25) is 0 Å². The van der Waals surface area contributed by atoms with Gasteiger partial charge in [-0.1, -0.05) is 29.3 Å². The molecule has 0 bridgehead atoms. The average molecular weight is 250 g/mol. The van der Waals surface area contributed by atoms with Crippen LogP contribution in [0.5, 0.6) is 0 Å². The van der Waals surface area contributed by atoms with Gasteiger partial charge in [0.15, 0.2) is 0 Å². The molecule has 1 aromatic carbocycles. The summed E-state index contributed by atoms with van der Waals surface area (Å²) in [7, 11) is 0. The Morgan fingerprint density at radius 1 is 1.40 bits per heavy atom. The molecule has 0 heterocycles. The van der Waals surface area contributed by atoms with Gasteiger partial charge in [0.2, 0.25) is 0 Å². The van der Waals surface area contributed by atoms with Gasteiger partial charge in [-0.15, -0.1) is 0 Å². The Morgan fingerprint density at radius 2 is 2.13 bits per heavy atom. The van der Waals surface area contributed by atoms with E-state index in [2.05, 4.69) is 0 Å². The lowest BCUT2D eigenvalue weighted by Crippen LogP contribution is -2.25. The maximum atomic E-state index is 9.15. The predicted molar refractivity (Wildman–Crippen MR) is 61.2 cm³/mol. The van der Waals surface area contributed by atoms with Crippen LogP contribution in [0.2, 0.25) is 10.0 Å². The first-order valence-corrected chi connectivity index (χ1v) is 5.29. The molecule has 0 aromatic heterocycles. The minimum absolute atomic E-state index is 0.189. The van der Waals surface area contributed by atoms with Gasteiger partial charge in [-0.2, -0.15) is 0 Å². The van der Waals surface area contributed by atoms with Crippen LogP contribution >= 0.6 is 23.2 Å². The number of aliphatic hydroxyl groups is 1. The van der Waals surface area contributed by atoms with Gasteiger partial charge in [0.25, 0.3) is 0 Å². The first-order chi connectivity index (χ1) is 7.13. The molecule has 0 aliphatic carbocycles. The number of rotatable bonds is 5. The highest BCUT2D eigenvalue weighted by molar-refractivity contribution is 6.35. The van der Waals surface area contributed by atoms with Crippen LogP contribution in [0.25, 0.3) is 0 Å². The molecule has 3 N–H and O–H groups in total. The van der Waals surface area contributed by atoms with E-state index in [4.69, 9.17) is 38.8 Å². The molecule has 0 saturated carbocycles. The highest BCUT2D eigenvalue weighted by atomic mass is 35.5. The fraction of sp³-hybridized carbons (Fsp3) is 0.400. The molecule has 1 rings (SSSR count). The third kappa shape index (κ3) is 4.36. The molecule has 1 atom stereocenters. The third-order valence-corrected chi connectivity index (χ3v) is 2.44. The summed E-state index contributed by atoms with van der Waals surface area (Å²) in [5.74, 6) is 0. The van der Waals surface area contributed by atoms with Crippen LogP contribution in [0, 0.1) is 0 Å². The molecule has 0 spiro atoms. The van der Waals surface area contributed by atoms with Crippen LogP contribution < -0.4 is 5.73 Å². The largest absolute Gasteiger partial charge is 0.389 e. The summed E-state index contributed by atoms with van der Waals surface area (Å²) in [6.45, 7) is 0.733. The molecule has 1 unspecified atom stereocenters. The van der Waals surface area contributed by atoms with E-state index in [0.717, 1.165) is 5.56 Å². The maximum absolute atomic E-state index is 9.15. The molecule has 0 radical (unpaired) electrons. The topological polar surface area (TPSA) is 55.5 Å². The Morgan fingerprint density at radius 3 is 2.73 bits per heavy atom. The zero-order valence-electron chi connectivity index (χ0n) is 8.12. The lowest BCUT2D eigenvalue weighted by molar-refractivity contribution is 0.0329.